The molecule has 5 nitrogen and oxygen atoms in total. The Kier molecular flexibility index (Phi) is 3.99. The molecule has 0 aromatic carbocycles. The molecule has 1 aliphatic rings. The number of ether oxygens (including phenoxy) is 1. The number of aromatic nitrogens is 2. The maximum atomic E-state index is 12.5. The fourth-order valence-electron chi connectivity index (χ4n) is 2.75. The highest BCUT2D eigenvalue weighted by Crippen LogP contribution is 2.20. The van der Waals surface area contributed by atoms with Crippen LogP contribution in [-0.2, 0) is 4.74 Å². The fraction of sp³-hybridized carbons (Fsp3) is 0.467. The minimum Gasteiger partial charge on any atom is -0.376 e. The van der Waals surface area contributed by atoms with Crippen LogP contribution in [-0.4, -0.2) is 34.5 Å². The summed E-state index contributed by atoms with van der Waals surface area (Å²) < 4.78 is 8.31. The summed E-state index contributed by atoms with van der Waals surface area (Å²) >= 11 is 3.47. The zero-order valence-electron chi connectivity index (χ0n) is 12.1. The van der Waals surface area contributed by atoms with Gasteiger partial charge in [-0.25, -0.2) is 4.98 Å². The van der Waals surface area contributed by atoms with Crippen LogP contribution in [0.1, 0.15) is 34.6 Å². The molecule has 1 unspecified atom stereocenters. The minimum atomic E-state index is -0.104. The van der Waals surface area contributed by atoms with Gasteiger partial charge in [-0.05, 0) is 54.2 Å². The summed E-state index contributed by atoms with van der Waals surface area (Å²) in [6.45, 7) is 5.20. The lowest BCUT2D eigenvalue weighted by Gasteiger charge is -2.11. The van der Waals surface area contributed by atoms with Gasteiger partial charge in [0.05, 0.1) is 11.8 Å². The predicted octanol–water partition coefficient (Wildman–Crippen LogP) is 2.62. The van der Waals surface area contributed by atoms with Crippen molar-refractivity contribution in [2.75, 3.05) is 13.2 Å². The van der Waals surface area contributed by atoms with Crippen LogP contribution < -0.4 is 5.32 Å². The molecule has 1 N–H and O–H groups in total. The lowest BCUT2D eigenvalue weighted by atomic mass is 10.2. The first-order valence-corrected chi connectivity index (χ1v) is 7.90. The summed E-state index contributed by atoms with van der Waals surface area (Å²) in [7, 11) is 0. The third kappa shape index (κ3) is 2.82. The average molecular weight is 352 g/mol. The third-order valence-corrected chi connectivity index (χ3v) is 4.21. The summed E-state index contributed by atoms with van der Waals surface area (Å²) in [6.07, 6.45) is 4.10. The van der Waals surface area contributed by atoms with E-state index in [2.05, 4.69) is 26.2 Å². The van der Waals surface area contributed by atoms with E-state index >= 15 is 0 Å². The Morgan fingerprint density at radius 1 is 1.57 bits per heavy atom. The summed E-state index contributed by atoms with van der Waals surface area (Å²) in [4.78, 5) is 17.0. The van der Waals surface area contributed by atoms with Crippen LogP contribution in [0, 0.1) is 13.8 Å². The monoisotopic (exact) mass is 351 g/mol. The predicted molar refractivity (Wildman–Crippen MR) is 83.7 cm³/mol. The van der Waals surface area contributed by atoms with E-state index in [0.29, 0.717) is 12.2 Å². The van der Waals surface area contributed by atoms with Crippen molar-refractivity contribution in [3.05, 3.63) is 33.7 Å². The minimum absolute atomic E-state index is 0.104. The fourth-order valence-corrected chi connectivity index (χ4v) is 3.30. The number of hydrogen-bond donors (Lipinski definition) is 1. The van der Waals surface area contributed by atoms with Crippen molar-refractivity contribution >= 4 is 27.5 Å². The second kappa shape index (κ2) is 5.77. The smallest absolute Gasteiger partial charge is 0.270 e. The maximum absolute atomic E-state index is 12.5. The molecule has 21 heavy (non-hydrogen) atoms. The van der Waals surface area contributed by atoms with E-state index in [-0.39, 0.29) is 12.0 Å². The number of amides is 1. The van der Waals surface area contributed by atoms with Gasteiger partial charge in [0.25, 0.3) is 5.91 Å². The Hall–Kier alpha value is -1.40. The number of aryl methyl sites for hydroxylation is 2. The van der Waals surface area contributed by atoms with E-state index in [1.54, 1.807) is 0 Å². The van der Waals surface area contributed by atoms with Crippen LogP contribution in [0.2, 0.25) is 0 Å². The van der Waals surface area contributed by atoms with Gasteiger partial charge in [-0.2, -0.15) is 0 Å². The van der Waals surface area contributed by atoms with Gasteiger partial charge < -0.3 is 10.1 Å². The van der Waals surface area contributed by atoms with Gasteiger partial charge in [-0.1, -0.05) is 0 Å². The molecular weight excluding hydrogens is 334 g/mol. The molecule has 1 fully saturated rings. The number of nitrogens with zero attached hydrogens (tertiary/aromatic N) is 2. The van der Waals surface area contributed by atoms with Crippen molar-refractivity contribution in [3.8, 4) is 0 Å². The molecule has 1 aliphatic heterocycles. The Labute approximate surface area is 131 Å². The largest absolute Gasteiger partial charge is 0.376 e. The second-order valence-corrected chi connectivity index (χ2v) is 6.34. The topological polar surface area (TPSA) is 55.6 Å². The van der Waals surface area contributed by atoms with Crippen molar-refractivity contribution in [3.63, 3.8) is 0 Å². The summed E-state index contributed by atoms with van der Waals surface area (Å²) in [5, 5.41) is 2.96. The van der Waals surface area contributed by atoms with Gasteiger partial charge in [-0.3, -0.25) is 9.20 Å². The van der Waals surface area contributed by atoms with Gasteiger partial charge in [0.15, 0.2) is 0 Å². The molecule has 112 valence electrons. The lowest BCUT2D eigenvalue weighted by Crippen LogP contribution is -2.32. The van der Waals surface area contributed by atoms with E-state index in [9.17, 15) is 4.79 Å². The molecule has 2 aromatic rings. The van der Waals surface area contributed by atoms with Crippen molar-refractivity contribution < 1.29 is 9.53 Å². The molecule has 1 saturated heterocycles. The number of carbonyl (C=O) groups excluding carboxylic acids is 1. The van der Waals surface area contributed by atoms with Crippen LogP contribution in [0.5, 0.6) is 0 Å². The standard InChI is InChI=1S/C15H18BrN3O2/c1-9-6-11(16)8-19-13(10(2)18-14(9)19)15(20)17-7-12-4-3-5-21-12/h6,8,12H,3-5,7H2,1-2H3,(H,17,20). The third-order valence-electron chi connectivity index (χ3n) is 3.77. The van der Waals surface area contributed by atoms with E-state index in [1.165, 1.54) is 0 Å². The number of imidazole rings is 1. The number of hydrogen-bond acceptors (Lipinski definition) is 3. The number of fused-ring (bicyclic) bond motifs is 1. The summed E-state index contributed by atoms with van der Waals surface area (Å²) in [6, 6.07) is 2.00. The quantitative estimate of drug-likeness (QED) is 0.924. The number of rotatable bonds is 3. The second-order valence-electron chi connectivity index (χ2n) is 5.43. The van der Waals surface area contributed by atoms with Crippen molar-refractivity contribution in [1.29, 1.82) is 0 Å². The molecule has 0 radical (unpaired) electrons. The van der Waals surface area contributed by atoms with Crippen LogP contribution in [0.25, 0.3) is 5.65 Å². The van der Waals surface area contributed by atoms with Gasteiger partial charge in [0.2, 0.25) is 0 Å². The van der Waals surface area contributed by atoms with Crippen LogP contribution in [0.3, 0.4) is 0 Å². The number of halogens is 1. The van der Waals surface area contributed by atoms with Crippen LogP contribution in [0.4, 0.5) is 0 Å². The lowest BCUT2D eigenvalue weighted by molar-refractivity contribution is 0.0852. The molecule has 6 heteroatoms. The SMILES string of the molecule is Cc1nc2c(C)cc(Br)cn2c1C(=O)NCC1CCCO1. The molecule has 0 spiro atoms. The number of pyridine rings is 1. The molecule has 1 amide bonds. The van der Waals surface area contributed by atoms with Gasteiger partial charge in [-0.15, -0.1) is 0 Å². The summed E-state index contributed by atoms with van der Waals surface area (Å²) in [5.74, 6) is -0.104. The van der Waals surface area contributed by atoms with E-state index in [0.717, 1.165) is 40.8 Å². The number of carbonyl (C=O) groups is 1. The number of nitrogens with one attached hydrogen (secondary N) is 1. The Bertz CT molecular complexity index is 690. The van der Waals surface area contributed by atoms with Gasteiger partial charge in [0, 0.05) is 23.8 Å². The zero-order valence-corrected chi connectivity index (χ0v) is 13.7. The Balaban J connectivity index is 1.88. The highest BCUT2D eigenvalue weighted by Gasteiger charge is 2.21. The first-order valence-electron chi connectivity index (χ1n) is 7.11. The molecule has 0 aliphatic carbocycles. The van der Waals surface area contributed by atoms with Crippen LogP contribution >= 0.6 is 15.9 Å². The first-order chi connectivity index (χ1) is 10.1. The highest BCUT2D eigenvalue weighted by molar-refractivity contribution is 9.10. The Morgan fingerprint density at radius 2 is 2.38 bits per heavy atom. The van der Waals surface area contributed by atoms with Crippen molar-refractivity contribution in [2.24, 2.45) is 0 Å². The maximum Gasteiger partial charge on any atom is 0.270 e. The summed E-state index contributed by atoms with van der Waals surface area (Å²) in [5.41, 5.74) is 3.18. The molecule has 0 bridgehead atoms. The van der Waals surface area contributed by atoms with E-state index in [4.69, 9.17) is 4.74 Å². The molecule has 0 saturated carbocycles. The molecule has 2 aromatic heterocycles. The molecule has 1 atom stereocenters. The Morgan fingerprint density at radius 3 is 3.10 bits per heavy atom. The first kappa shape index (κ1) is 14.5. The van der Waals surface area contributed by atoms with E-state index < -0.39 is 0 Å². The van der Waals surface area contributed by atoms with Crippen LogP contribution in [0.15, 0.2) is 16.7 Å². The zero-order chi connectivity index (χ0) is 15.0. The van der Waals surface area contributed by atoms with E-state index in [1.807, 2.05) is 30.5 Å². The van der Waals surface area contributed by atoms with Crippen molar-refractivity contribution in [2.45, 2.75) is 32.8 Å². The molecule has 3 heterocycles. The highest BCUT2D eigenvalue weighted by atomic mass is 79.9. The normalized spacial score (nSPS) is 18.3. The molecular formula is C15H18BrN3O2. The average Bonchev–Trinajstić information content (AvgIpc) is 3.03. The van der Waals surface area contributed by atoms with Gasteiger partial charge in [0.1, 0.15) is 11.3 Å². The van der Waals surface area contributed by atoms with Gasteiger partial charge >= 0.3 is 0 Å². The van der Waals surface area contributed by atoms with Crippen molar-refractivity contribution in [1.82, 2.24) is 14.7 Å². The molecule has 3 rings (SSSR count).